The van der Waals surface area contributed by atoms with Crippen molar-refractivity contribution in [3.05, 3.63) is 305 Å². The van der Waals surface area contributed by atoms with Gasteiger partial charge in [0.25, 0.3) is 6.71 Å². The number of anilines is 6. The van der Waals surface area contributed by atoms with E-state index < -0.39 is 126 Å². The number of aromatic nitrogens is 2. The summed E-state index contributed by atoms with van der Waals surface area (Å²) in [5, 5.41) is -0.435. The molecule has 17 rings (SSSR count). The molecule has 13 aromatic carbocycles. The molecular weight excluding hydrogens is 1350 g/mol. The first-order chi connectivity index (χ1) is 60.4. The summed E-state index contributed by atoms with van der Waals surface area (Å²) >= 11 is 0. The second-order valence-electron chi connectivity index (χ2n) is 38.1. The highest BCUT2D eigenvalue weighted by Crippen LogP contribution is 2.56. The largest absolute Gasteiger partial charge is 0.310 e. The van der Waals surface area contributed by atoms with E-state index in [-0.39, 0.29) is 82.2 Å². The molecule has 0 amide bonds. The number of para-hydroxylation sites is 4. The van der Waals surface area contributed by atoms with Gasteiger partial charge in [-0.25, -0.2) is 0 Å². The summed E-state index contributed by atoms with van der Waals surface area (Å²) in [6.07, 6.45) is -2.24. The molecule has 0 N–H and O–H groups in total. The van der Waals surface area contributed by atoms with Crippen molar-refractivity contribution in [2.75, 3.05) is 9.80 Å². The SMILES string of the molecule is [2H]c1c([2H])c([2H])c2c(c1[2H])c1c([2H])c([2H])c([2H])c([2H])c1n2-c1ccc2c(c1)N(c1c(-c3cccc(C(C)(C)C)c3)cc(C(C)(C)C)cc1-c1cccc(C(C)(C)C)c1)c1cc(C([2H])([2H])C(C)(C)C)cc3c1B2c1ccc(-n2c4c([2H])c([2H])c([2H])c([2H])c4c4c([2H])c([2H])c([2H])c([2H])c42)cc1N3c1c(-c2cccc(C(C)(C)C)c2)cc(C(C)(C)C)cc1-c1cccc(C(C)(C)C)c1. The van der Waals surface area contributed by atoms with Crippen LogP contribution in [0.1, 0.15) is 209 Å². The van der Waals surface area contributed by atoms with Crippen LogP contribution in [0.2, 0.25) is 0 Å². The van der Waals surface area contributed by atoms with Gasteiger partial charge < -0.3 is 18.9 Å². The van der Waals surface area contributed by atoms with Crippen LogP contribution in [0.25, 0.3) is 99.5 Å². The van der Waals surface area contributed by atoms with Gasteiger partial charge in [-0.3, -0.25) is 0 Å². The lowest BCUT2D eigenvalue weighted by molar-refractivity contribution is 0.411. The first kappa shape index (κ1) is 55.5. The van der Waals surface area contributed by atoms with Gasteiger partial charge in [0, 0.05) is 80.7 Å². The molecule has 2 aliphatic rings. The Labute approximate surface area is 692 Å². The average Bonchev–Trinajstić information content (AvgIpc) is 1.33. The van der Waals surface area contributed by atoms with E-state index in [0.717, 1.165) is 77.9 Å². The minimum Gasteiger partial charge on any atom is -0.310 e. The number of hydrogen-bond acceptors (Lipinski definition) is 2. The summed E-state index contributed by atoms with van der Waals surface area (Å²) in [7, 11) is 0. The van der Waals surface area contributed by atoms with Crippen molar-refractivity contribution in [2.45, 2.75) is 184 Å². The van der Waals surface area contributed by atoms with Crippen LogP contribution in [0.15, 0.2) is 267 Å². The lowest BCUT2D eigenvalue weighted by Gasteiger charge is -2.46. The van der Waals surface area contributed by atoms with Crippen LogP contribution in [0.5, 0.6) is 0 Å². The van der Waals surface area contributed by atoms with E-state index in [1.165, 1.54) is 0 Å². The Morgan fingerprint density at radius 3 is 0.839 bits per heavy atom. The summed E-state index contributed by atoms with van der Waals surface area (Å²) in [5.74, 6) is 0. The third-order valence-corrected chi connectivity index (χ3v) is 22.7. The molecule has 2 aromatic heterocycles. The Morgan fingerprint density at radius 2 is 0.571 bits per heavy atom. The van der Waals surface area contributed by atoms with E-state index in [9.17, 15) is 24.7 Å². The predicted octanol–water partition coefficient (Wildman–Crippen LogP) is 28.0. The molecule has 15 aromatic rings. The molecule has 2 aliphatic heterocycles. The zero-order chi connectivity index (χ0) is 94.6. The highest BCUT2D eigenvalue weighted by Gasteiger charge is 2.47. The minimum absolute atomic E-state index is 0.0938. The average molecular weight is 1480 g/mol. The van der Waals surface area contributed by atoms with E-state index in [4.69, 9.17) is 0 Å². The molecule has 4 nitrogen and oxygen atoms in total. The summed E-state index contributed by atoms with van der Waals surface area (Å²) in [4.78, 5) is 4.53. The fourth-order valence-corrected chi connectivity index (χ4v) is 16.7. The Balaban J connectivity index is 1.17. The van der Waals surface area contributed by atoms with Crippen LogP contribution in [-0.4, -0.2) is 15.8 Å². The minimum atomic E-state index is -2.24. The van der Waals surface area contributed by atoms with Crippen LogP contribution in [-0.2, 0) is 38.9 Å². The number of nitrogens with zero attached hydrogens (tertiary/aromatic N) is 4. The summed E-state index contributed by atoms with van der Waals surface area (Å²) in [6, 6.07) is 50.5. The van der Waals surface area contributed by atoms with E-state index in [1.807, 2.05) is 69.3 Å². The molecule has 0 unspecified atom stereocenters. The van der Waals surface area contributed by atoms with Gasteiger partial charge in [-0.1, -0.05) is 327 Å². The molecule has 560 valence electrons. The summed E-state index contributed by atoms with van der Waals surface area (Å²) in [5.41, 5.74) is 14.9. The fourth-order valence-electron chi connectivity index (χ4n) is 16.7. The molecule has 0 aliphatic carbocycles. The molecular formula is C107H109BN4. The van der Waals surface area contributed by atoms with Crippen LogP contribution >= 0.6 is 0 Å². The van der Waals surface area contributed by atoms with Gasteiger partial charge in [0.2, 0.25) is 0 Å². The van der Waals surface area contributed by atoms with E-state index in [2.05, 4.69) is 256 Å². The number of hydrogen-bond donors (Lipinski definition) is 0. The van der Waals surface area contributed by atoms with Gasteiger partial charge in [0.05, 0.1) is 55.4 Å². The van der Waals surface area contributed by atoms with Gasteiger partial charge >= 0.3 is 0 Å². The molecule has 0 bridgehead atoms. The van der Waals surface area contributed by atoms with E-state index >= 15 is 0 Å². The third-order valence-electron chi connectivity index (χ3n) is 22.7. The standard InChI is InChI=1S/C107H109BN4/c1-101(2,3)66-67-54-96-98-97(55-67)112(100-86(70-36-32-40-74(58-70)104(10,11)12)62-77(107(19,20)21)63-87(100)71-37-33-41-75(59-71)105(13,14)15)95-65-79(110-92-48-28-24-44-82(92)83-45-25-29-49-93(83)110)51-53-89(95)108(98)88-52-50-78(109-90-46-26-22-42-80(90)81-43-23-27-47-91(81)109)64-94(88)111(96)99-84(68-34-30-38-72(56-68)102(4,5)6)60-76(106(16,17)18)61-85(99)69-35-31-39-73(57-69)103(7,8)9/h22-65H,66H2,1-21H3/i22D,23D,24D,25D,26D,27D,28D,29D,42D,43D,44D,45D,46D,47D,48D,49D,66D2. The Morgan fingerprint density at radius 1 is 0.295 bits per heavy atom. The van der Waals surface area contributed by atoms with Crippen molar-refractivity contribution < 1.29 is 24.7 Å². The maximum Gasteiger partial charge on any atom is 0.252 e. The number of rotatable bonds is 9. The highest BCUT2D eigenvalue weighted by molar-refractivity contribution is 7.00. The van der Waals surface area contributed by atoms with Gasteiger partial charge in [-0.15, -0.1) is 0 Å². The van der Waals surface area contributed by atoms with Crippen molar-refractivity contribution in [3.8, 4) is 55.9 Å². The van der Waals surface area contributed by atoms with Crippen molar-refractivity contribution in [2.24, 2.45) is 5.41 Å². The van der Waals surface area contributed by atoms with Gasteiger partial charge in [0.15, 0.2) is 0 Å². The molecule has 5 heteroatoms. The van der Waals surface area contributed by atoms with E-state index in [0.29, 0.717) is 50.5 Å². The molecule has 0 atom stereocenters. The number of benzene rings is 13. The monoisotopic (exact) mass is 1480 g/mol. The zero-order valence-electron chi connectivity index (χ0n) is 86.5. The smallest absolute Gasteiger partial charge is 0.252 e. The second kappa shape index (κ2) is 26.4. The number of fused-ring (bicyclic) bond motifs is 10. The maximum atomic E-state index is 11.2. The molecule has 0 saturated heterocycles. The van der Waals surface area contributed by atoms with Crippen LogP contribution < -0.4 is 26.2 Å². The van der Waals surface area contributed by atoms with Crippen LogP contribution in [0, 0.1) is 5.41 Å². The topological polar surface area (TPSA) is 16.3 Å². The molecule has 4 heterocycles. The molecule has 0 radical (unpaired) electrons. The molecule has 0 fully saturated rings. The fraction of sp³-hybridized carbons (Fsp3) is 0.271. The van der Waals surface area contributed by atoms with Crippen molar-refractivity contribution in [1.29, 1.82) is 0 Å². The Hall–Kier alpha value is -10.9. The van der Waals surface area contributed by atoms with Crippen LogP contribution in [0.4, 0.5) is 34.1 Å². The normalized spacial score (nSPS) is 16.0. The summed E-state index contributed by atoms with van der Waals surface area (Å²) < 4.78 is 179. The predicted molar refractivity (Wildman–Crippen MR) is 486 cm³/mol. The van der Waals surface area contributed by atoms with E-state index in [1.54, 1.807) is 9.13 Å². The Bertz CT molecular complexity index is 6680. The Kier molecular flexibility index (Phi) is 13.1. The molecule has 0 saturated carbocycles. The van der Waals surface area contributed by atoms with Crippen molar-refractivity contribution in [1.82, 2.24) is 9.13 Å². The lowest BCUT2D eigenvalue weighted by Crippen LogP contribution is -2.61. The molecule has 112 heavy (non-hydrogen) atoms. The third kappa shape index (κ3) is 12.9. The quantitative estimate of drug-likeness (QED) is 0.134. The zero-order valence-corrected chi connectivity index (χ0v) is 68.5. The lowest BCUT2D eigenvalue weighted by atomic mass is 9.33. The van der Waals surface area contributed by atoms with Gasteiger partial charge in [0.1, 0.15) is 0 Å². The maximum absolute atomic E-state index is 11.2. The highest BCUT2D eigenvalue weighted by atomic mass is 15.2. The van der Waals surface area contributed by atoms with Crippen molar-refractivity contribution >= 4 is 101 Å². The first-order valence-electron chi connectivity index (χ1n) is 48.3. The summed E-state index contributed by atoms with van der Waals surface area (Å²) in [6.45, 7) is 44.2. The second-order valence-corrected chi connectivity index (χ2v) is 38.1. The van der Waals surface area contributed by atoms with Crippen LogP contribution in [0.3, 0.4) is 0 Å². The molecule has 0 spiro atoms. The van der Waals surface area contributed by atoms with Crippen molar-refractivity contribution in [3.63, 3.8) is 0 Å². The van der Waals surface area contributed by atoms with Gasteiger partial charge in [-0.05, 0) is 207 Å². The first-order valence-corrected chi connectivity index (χ1v) is 39.3. The van der Waals surface area contributed by atoms with Gasteiger partial charge in [-0.2, -0.15) is 0 Å².